The highest BCUT2D eigenvalue weighted by Crippen LogP contribution is 2.10. The predicted molar refractivity (Wildman–Crippen MR) is 73.4 cm³/mol. The van der Waals surface area contributed by atoms with Crippen molar-refractivity contribution in [1.29, 1.82) is 0 Å². The molecule has 0 unspecified atom stereocenters. The van der Waals surface area contributed by atoms with Crippen LogP contribution in [0.3, 0.4) is 0 Å². The molecule has 1 aromatic rings. The monoisotopic (exact) mass is 256 g/mol. The van der Waals surface area contributed by atoms with Crippen LogP contribution in [0.1, 0.15) is 28.2 Å². The molecule has 1 aromatic carbocycles. The van der Waals surface area contributed by atoms with Gasteiger partial charge in [-0.15, -0.1) is 0 Å². The molecular weight excluding hydrogens is 232 g/mol. The third-order valence-corrected chi connectivity index (χ3v) is 5.18. The summed E-state index contributed by atoms with van der Waals surface area (Å²) in [6.45, 7) is 7.68. The second-order valence-corrected chi connectivity index (χ2v) is 5.78. The minimum Gasteiger partial charge on any atom is -0.370 e. The van der Waals surface area contributed by atoms with E-state index in [-0.39, 0.29) is 7.43 Å². The quantitative estimate of drug-likeness (QED) is 0.702. The van der Waals surface area contributed by atoms with Gasteiger partial charge in [-0.05, 0) is 20.8 Å². The third-order valence-electron chi connectivity index (χ3n) is 2.13. The Hall–Kier alpha value is -0.683. The highest BCUT2D eigenvalue weighted by Gasteiger charge is 2.42. The van der Waals surface area contributed by atoms with Gasteiger partial charge in [-0.2, -0.15) is 0 Å². The minimum absolute atomic E-state index is 0. The van der Waals surface area contributed by atoms with Crippen molar-refractivity contribution < 1.29 is 13.3 Å². The van der Waals surface area contributed by atoms with E-state index < -0.39 is 8.80 Å². The van der Waals surface area contributed by atoms with Crippen LogP contribution < -0.4 is 5.19 Å². The van der Waals surface area contributed by atoms with Crippen molar-refractivity contribution >= 4 is 14.0 Å². The van der Waals surface area contributed by atoms with E-state index in [1.54, 1.807) is 0 Å². The Bertz CT molecular complexity index is 273. The van der Waals surface area contributed by atoms with Gasteiger partial charge in [0.2, 0.25) is 0 Å². The zero-order valence-corrected chi connectivity index (χ0v) is 11.2. The summed E-state index contributed by atoms with van der Waals surface area (Å²) in [6.07, 6.45) is 0. The summed E-state index contributed by atoms with van der Waals surface area (Å²) < 4.78 is 17.4. The molecule has 0 N–H and O–H groups in total. The minimum atomic E-state index is -2.67. The highest BCUT2D eigenvalue weighted by atomic mass is 28.4. The molecule has 0 saturated heterocycles. The van der Waals surface area contributed by atoms with E-state index in [1.165, 1.54) is 0 Å². The van der Waals surface area contributed by atoms with E-state index in [2.05, 4.69) is 0 Å². The maximum Gasteiger partial charge on any atom is 0.537 e. The fraction of sp³-hybridized carbons (Fsp3) is 0.538. The molecule has 0 atom stereocenters. The molecule has 0 radical (unpaired) electrons. The zero-order chi connectivity index (χ0) is 11.9. The number of hydrogen-bond acceptors (Lipinski definition) is 3. The Morgan fingerprint density at radius 3 is 1.59 bits per heavy atom. The van der Waals surface area contributed by atoms with Crippen molar-refractivity contribution in [2.45, 2.75) is 28.2 Å². The normalized spacial score (nSPS) is 11.0. The zero-order valence-electron chi connectivity index (χ0n) is 10.2. The van der Waals surface area contributed by atoms with Crippen LogP contribution in [0.4, 0.5) is 0 Å². The van der Waals surface area contributed by atoms with Gasteiger partial charge < -0.3 is 13.3 Å². The Morgan fingerprint density at radius 1 is 0.824 bits per heavy atom. The van der Waals surface area contributed by atoms with Crippen LogP contribution in [0.25, 0.3) is 0 Å². The van der Waals surface area contributed by atoms with Crippen LogP contribution in [0.15, 0.2) is 30.3 Å². The van der Waals surface area contributed by atoms with Crippen molar-refractivity contribution in [3.05, 3.63) is 30.3 Å². The van der Waals surface area contributed by atoms with Crippen LogP contribution >= 0.6 is 0 Å². The first-order valence-corrected chi connectivity index (χ1v) is 7.49. The molecule has 0 aliphatic rings. The van der Waals surface area contributed by atoms with E-state index in [4.69, 9.17) is 13.3 Å². The van der Waals surface area contributed by atoms with Gasteiger partial charge in [-0.25, -0.2) is 0 Å². The molecule has 0 heterocycles. The van der Waals surface area contributed by atoms with E-state index in [0.717, 1.165) is 5.19 Å². The first kappa shape index (κ1) is 16.3. The molecule has 0 saturated carbocycles. The van der Waals surface area contributed by atoms with Gasteiger partial charge in [0.05, 0.1) is 0 Å². The molecule has 17 heavy (non-hydrogen) atoms. The lowest BCUT2D eigenvalue weighted by Crippen LogP contribution is -2.56. The van der Waals surface area contributed by atoms with E-state index in [9.17, 15) is 0 Å². The first-order valence-electron chi connectivity index (χ1n) is 5.76. The highest BCUT2D eigenvalue weighted by molar-refractivity contribution is 6.75. The van der Waals surface area contributed by atoms with Crippen LogP contribution in [-0.4, -0.2) is 28.6 Å². The average Bonchev–Trinajstić information content (AvgIpc) is 2.31. The van der Waals surface area contributed by atoms with Gasteiger partial charge >= 0.3 is 8.80 Å². The Balaban J connectivity index is 0.00000256. The van der Waals surface area contributed by atoms with Crippen molar-refractivity contribution in [2.24, 2.45) is 0 Å². The lowest BCUT2D eigenvalue weighted by atomic mass is 10.4. The molecule has 0 bridgehead atoms. The number of hydrogen-bond donors (Lipinski definition) is 0. The largest absolute Gasteiger partial charge is 0.537 e. The van der Waals surface area contributed by atoms with Crippen molar-refractivity contribution in [3.63, 3.8) is 0 Å². The molecule has 4 heteroatoms. The van der Waals surface area contributed by atoms with Gasteiger partial charge in [-0.1, -0.05) is 37.8 Å². The molecule has 0 aliphatic heterocycles. The maximum absolute atomic E-state index is 5.79. The summed E-state index contributed by atoms with van der Waals surface area (Å²) in [6, 6.07) is 9.95. The molecule has 0 amide bonds. The second kappa shape index (κ2) is 8.41. The lowest BCUT2D eigenvalue weighted by molar-refractivity contribution is 0.0859. The summed E-state index contributed by atoms with van der Waals surface area (Å²) in [5.41, 5.74) is 0. The molecule has 0 spiro atoms. The van der Waals surface area contributed by atoms with Gasteiger partial charge in [0.1, 0.15) is 0 Å². The van der Waals surface area contributed by atoms with Crippen LogP contribution in [0, 0.1) is 0 Å². The lowest BCUT2D eigenvalue weighted by Gasteiger charge is -2.28. The molecular formula is C13H24O3Si. The summed E-state index contributed by atoms with van der Waals surface area (Å²) in [5, 5.41) is 1.03. The van der Waals surface area contributed by atoms with Gasteiger partial charge in [0.15, 0.2) is 0 Å². The fourth-order valence-corrected chi connectivity index (χ4v) is 4.08. The molecule has 0 aromatic heterocycles. The van der Waals surface area contributed by atoms with E-state index in [1.807, 2.05) is 51.1 Å². The Labute approximate surface area is 106 Å². The SMILES string of the molecule is C.CCO[Si](OCC)(OCC)c1ccccc1. The molecule has 3 nitrogen and oxygen atoms in total. The Morgan fingerprint density at radius 2 is 1.24 bits per heavy atom. The van der Waals surface area contributed by atoms with Crippen molar-refractivity contribution in [3.8, 4) is 0 Å². The van der Waals surface area contributed by atoms with Crippen molar-refractivity contribution in [2.75, 3.05) is 19.8 Å². The number of benzene rings is 1. The van der Waals surface area contributed by atoms with Crippen LogP contribution in [0.2, 0.25) is 0 Å². The second-order valence-electron chi connectivity index (χ2n) is 3.22. The van der Waals surface area contributed by atoms with Gasteiger partial charge in [0, 0.05) is 25.0 Å². The Kier molecular flexibility index (Phi) is 8.08. The molecule has 98 valence electrons. The first-order chi connectivity index (χ1) is 7.79. The van der Waals surface area contributed by atoms with Gasteiger partial charge in [-0.3, -0.25) is 0 Å². The van der Waals surface area contributed by atoms with E-state index >= 15 is 0 Å². The predicted octanol–water partition coefficient (Wildman–Crippen LogP) is 2.58. The molecule has 0 aliphatic carbocycles. The summed E-state index contributed by atoms with van der Waals surface area (Å²) in [4.78, 5) is 0. The molecule has 0 fully saturated rings. The standard InChI is InChI=1S/C12H20O3Si.CH4/c1-4-13-16(14-5-2,15-6-3)12-10-8-7-9-11-12;/h7-11H,4-6H2,1-3H3;1H4. The third kappa shape index (κ3) is 4.24. The van der Waals surface area contributed by atoms with Crippen molar-refractivity contribution in [1.82, 2.24) is 0 Å². The van der Waals surface area contributed by atoms with Crippen LogP contribution in [-0.2, 0) is 13.3 Å². The summed E-state index contributed by atoms with van der Waals surface area (Å²) in [7, 11) is -2.67. The number of rotatable bonds is 7. The topological polar surface area (TPSA) is 27.7 Å². The molecule has 1 rings (SSSR count). The average molecular weight is 256 g/mol. The summed E-state index contributed by atoms with van der Waals surface area (Å²) >= 11 is 0. The fourth-order valence-electron chi connectivity index (χ4n) is 1.59. The van der Waals surface area contributed by atoms with Gasteiger partial charge in [0.25, 0.3) is 0 Å². The summed E-state index contributed by atoms with van der Waals surface area (Å²) in [5.74, 6) is 0. The van der Waals surface area contributed by atoms with Crippen LogP contribution in [0.5, 0.6) is 0 Å². The smallest absolute Gasteiger partial charge is 0.370 e. The van der Waals surface area contributed by atoms with E-state index in [0.29, 0.717) is 19.8 Å². The maximum atomic E-state index is 5.79.